The molecule has 0 spiro atoms. The molecule has 6 nitrogen and oxygen atoms in total. The lowest BCUT2D eigenvalue weighted by molar-refractivity contribution is -0.115. The number of aromatic nitrogens is 4. The average Bonchev–Trinajstić information content (AvgIpc) is 3.45. The predicted molar refractivity (Wildman–Crippen MR) is 146 cm³/mol. The number of aryl methyl sites for hydroxylation is 4. The second kappa shape index (κ2) is 9.43. The monoisotopic (exact) mass is 501 g/mol. The number of amides is 1. The van der Waals surface area contributed by atoms with E-state index in [0.717, 1.165) is 27.6 Å². The Labute approximate surface area is 212 Å². The van der Waals surface area contributed by atoms with Crippen molar-refractivity contribution in [1.82, 2.24) is 19.6 Å². The molecule has 0 saturated carbocycles. The van der Waals surface area contributed by atoms with Gasteiger partial charge in [0.15, 0.2) is 15.9 Å². The van der Waals surface area contributed by atoms with Gasteiger partial charge in [0.2, 0.25) is 5.91 Å². The van der Waals surface area contributed by atoms with E-state index < -0.39 is 0 Å². The van der Waals surface area contributed by atoms with Crippen LogP contribution in [-0.2, 0) is 4.79 Å². The van der Waals surface area contributed by atoms with Crippen LogP contribution in [0.5, 0.6) is 0 Å². The quantitative estimate of drug-likeness (QED) is 0.261. The highest BCUT2D eigenvalue weighted by Gasteiger charge is 2.23. The molecule has 1 unspecified atom stereocenters. The zero-order chi connectivity index (χ0) is 24.7. The normalized spacial score (nSPS) is 12.4. The number of benzene rings is 2. The molecule has 0 bridgehead atoms. The Kier molecular flexibility index (Phi) is 6.34. The van der Waals surface area contributed by atoms with Crippen molar-refractivity contribution < 1.29 is 4.79 Å². The van der Waals surface area contributed by atoms with E-state index in [1.165, 1.54) is 50.7 Å². The Balaban J connectivity index is 1.42. The van der Waals surface area contributed by atoms with Gasteiger partial charge in [0.05, 0.1) is 16.5 Å². The van der Waals surface area contributed by atoms with Crippen LogP contribution in [0, 0.1) is 27.7 Å². The Bertz CT molecular complexity index is 1550. The van der Waals surface area contributed by atoms with Gasteiger partial charge in [-0.3, -0.25) is 9.20 Å². The van der Waals surface area contributed by atoms with Gasteiger partial charge >= 0.3 is 0 Å². The second-order valence-corrected chi connectivity index (χ2v) is 10.9. The number of thioether (sulfide) groups is 1. The number of carbonyl (C=O) groups is 1. The summed E-state index contributed by atoms with van der Waals surface area (Å²) in [4.78, 5) is 17.8. The average molecular weight is 502 g/mol. The number of anilines is 1. The minimum absolute atomic E-state index is 0.0805. The highest BCUT2D eigenvalue weighted by Crippen LogP contribution is 2.32. The van der Waals surface area contributed by atoms with E-state index in [2.05, 4.69) is 82.9 Å². The van der Waals surface area contributed by atoms with E-state index in [-0.39, 0.29) is 11.2 Å². The molecule has 178 valence electrons. The fourth-order valence-electron chi connectivity index (χ4n) is 4.31. The van der Waals surface area contributed by atoms with Crippen LogP contribution < -0.4 is 5.32 Å². The smallest absolute Gasteiger partial charge is 0.239 e. The van der Waals surface area contributed by atoms with E-state index in [4.69, 9.17) is 0 Å². The van der Waals surface area contributed by atoms with Crippen LogP contribution in [0.25, 0.3) is 27.8 Å². The first-order chi connectivity index (χ1) is 16.8. The van der Waals surface area contributed by atoms with E-state index in [0.29, 0.717) is 11.6 Å². The first-order valence-electron chi connectivity index (χ1n) is 11.6. The van der Waals surface area contributed by atoms with E-state index in [1.807, 2.05) is 24.4 Å². The SMILES string of the molecule is CCC(Sc1nnc2cc(C)c3cc(C)cc(C)c3n12)C(=O)Nc1nc(-c2ccc(C)cc2)cs1. The third-order valence-corrected chi connectivity index (χ3v) is 8.15. The lowest BCUT2D eigenvalue weighted by atomic mass is 10.0. The van der Waals surface area contributed by atoms with Gasteiger partial charge in [0, 0.05) is 16.3 Å². The molecule has 35 heavy (non-hydrogen) atoms. The Morgan fingerprint density at radius 3 is 2.54 bits per heavy atom. The van der Waals surface area contributed by atoms with Crippen molar-refractivity contribution in [1.29, 1.82) is 0 Å². The molecule has 0 aliphatic rings. The van der Waals surface area contributed by atoms with E-state index in [9.17, 15) is 4.79 Å². The molecule has 1 N–H and O–H groups in total. The Morgan fingerprint density at radius 1 is 1.03 bits per heavy atom. The minimum atomic E-state index is -0.323. The summed E-state index contributed by atoms with van der Waals surface area (Å²) in [6, 6.07) is 14.7. The van der Waals surface area contributed by atoms with E-state index in [1.54, 1.807) is 0 Å². The molecule has 3 heterocycles. The Morgan fingerprint density at radius 2 is 1.80 bits per heavy atom. The summed E-state index contributed by atoms with van der Waals surface area (Å²) in [6.45, 7) is 10.4. The fraction of sp³-hybridized carbons (Fsp3) is 0.259. The van der Waals surface area contributed by atoms with Gasteiger partial charge in [-0.1, -0.05) is 60.1 Å². The van der Waals surface area contributed by atoms with Crippen LogP contribution in [0.15, 0.2) is 53.0 Å². The van der Waals surface area contributed by atoms with Crippen LogP contribution in [0.3, 0.4) is 0 Å². The highest BCUT2D eigenvalue weighted by atomic mass is 32.2. The second-order valence-electron chi connectivity index (χ2n) is 8.89. The van der Waals surface area contributed by atoms with Crippen molar-refractivity contribution in [2.75, 3.05) is 5.32 Å². The molecule has 0 aliphatic heterocycles. The molecule has 5 aromatic rings. The van der Waals surface area contributed by atoms with Crippen LogP contribution in [0.2, 0.25) is 0 Å². The van der Waals surface area contributed by atoms with Crippen LogP contribution in [0.1, 0.15) is 35.6 Å². The molecule has 0 saturated heterocycles. The molecular formula is C27H27N5OS2. The summed E-state index contributed by atoms with van der Waals surface area (Å²) in [5, 5.41) is 16.0. The van der Waals surface area contributed by atoms with Gasteiger partial charge in [-0.25, -0.2) is 4.98 Å². The lowest BCUT2D eigenvalue weighted by Gasteiger charge is -2.14. The van der Waals surface area contributed by atoms with Gasteiger partial charge in [-0.2, -0.15) is 0 Å². The summed E-state index contributed by atoms with van der Waals surface area (Å²) in [7, 11) is 0. The largest absolute Gasteiger partial charge is 0.301 e. The minimum Gasteiger partial charge on any atom is -0.301 e. The van der Waals surface area contributed by atoms with Gasteiger partial charge < -0.3 is 5.32 Å². The van der Waals surface area contributed by atoms with Gasteiger partial charge in [-0.05, 0) is 57.4 Å². The van der Waals surface area contributed by atoms with Crippen molar-refractivity contribution in [3.05, 3.63) is 70.1 Å². The standard InChI is InChI=1S/C27H27N5OS2/c1-6-22(25(33)29-26-28-21(14-34-26)19-9-7-15(2)8-10-19)35-27-31-30-23-13-17(4)20-12-16(3)11-18(5)24(20)32(23)27/h7-14,22H,6H2,1-5H3,(H,28,29,33). The van der Waals surface area contributed by atoms with Crippen molar-refractivity contribution in [2.24, 2.45) is 0 Å². The summed E-state index contributed by atoms with van der Waals surface area (Å²) in [5.41, 5.74) is 8.55. The summed E-state index contributed by atoms with van der Waals surface area (Å²) < 4.78 is 2.08. The molecule has 1 amide bonds. The van der Waals surface area contributed by atoms with Crippen molar-refractivity contribution >= 4 is 50.7 Å². The number of rotatable bonds is 6. The van der Waals surface area contributed by atoms with Crippen LogP contribution in [0.4, 0.5) is 5.13 Å². The van der Waals surface area contributed by atoms with Gasteiger partial charge in [-0.15, -0.1) is 21.5 Å². The third-order valence-electron chi connectivity index (χ3n) is 6.09. The summed E-state index contributed by atoms with van der Waals surface area (Å²) >= 11 is 2.88. The molecular weight excluding hydrogens is 474 g/mol. The zero-order valence-electron chi connectivity index (χ0n) is 20.4. The number of carbonyl (C=O) groups excluding carboxylic acids is 1. The number of fused-ring (bicyclic) bond motifs is 3. The van der Waals surface area contributed by atoms with Crippen molar-refractivity contribution in [2.45, 2.75) is 51.4 Å². The Hall–Kier alpha value is -3.23. The number of hydrogen-bond donors (Lipinski definition) is 1. The third kappa shape index (κ3) is 4.56. The summed E-state index contributed by atoms with van der Waals surface area (Å²) in [5.74, 6) is -0.0805. The van der Waals surface area contributed by atoms with Crippen molar-refractivity contribution in [3.8, 4) is 11.3 Å². The van der Waals surface area contributed by atoms with Crippen LogP contribution in [-0.4, -0.2) is 30.7 Å². The molecule has 3 aromatic heterocycles. The number of nitrogens with zero attached hydrogens (tertiary/aromatic N) is 4. The maximum Gasteiger partial charge on any atom is 0.239 e. The van der Waals surface area contributed by atoms with Crippen LogP contribution >= 0.6 is 23.1 Å². The molecule has 0 fully saturated rings. The number of thiazole rings is 1. The lowest BCUT2D eigenvalue weighted by Crippen LogP contribution is -2.24. The maximum atomic E-state index is 13.2. The molecule has 1 atom stereocenters. The predicted octanol–water partition coefficient (Wildman–Crippen LogP) is 6.75. The van der Waals surface area contributed by atoms with Gasteiger partial charge in [0.1, 0.15) is 0 Å². The van der Waals surface area contributed by atoms with Crippen molar-refractivity contribution in [3.63, 3.8) is 0 Å². The highest BCUT2D eigenvalue weighted by molar-refractivity contribution is 8.00. The molecule has 0 aliphatic carbocycles. The number of nitrogens with one attached hydrogen (secondary N) is 1. The summed E-state index contributed by atoms with van der Waals surface area (Å²) in [6.07, 6.45) is 0.656. The fourth-order valence-corrected chi connectivity index (χ4v) is 6.00. The molecule has 0 radical (unpaired) electrons. The van der Waals surface area contributed by atoms with E-state index >= 15 is 0 Å². The number of pyridine rings is 1. The zero-order valence-corrected chi connectivity index (χ0v) is 22.0. The maximum absolute atomic E-state index is 13.2. The first kappa shape index (κ1) is 23.5. The molecule has 2 aromatic carbocycles. The van der Waals surface area contributed by atoms with Gasteiger partial charge in [0.25, 0.3) is 0 Å². The topological polar surface area (TPSA) is 72.2 Å². The molecule has 5 rings (SSSR count). The molecule has 8 heteroatoms. The first-order valence-corrected chi connectivity index (χ1v) is 13.4. The number of hydrogen-bond acceptors (Lipinski definition) is 6.